The highest BCUT2D eigenvalue weighted by Crippen LogP contribution is 2.19. The Morgan fingerprint density at radius 2 is 2.24 bits per heavy atom. The molecule has 2 amide bonds. The van der Waals surface area contributed by atoms with Crippen molar-refractivity contribution in [2.24, 2.45) is 0 Å². The zero-order valence-electron chi connectivity index (χ0n) is 11.1. The molecule has 4 nitrogen and oxygen atoms in total. The normalized spacial score (nSPS) is 15.6. The molecule has 1 aliphatic carbocycles. The van der Waals surface area contributed by atoms with Crippen molar-refractivity contribution in [1.82, 2.24) is 10.6 Å². The molecule has 1 rings (SSSR count). The Balaban J connectivity index is 2.09. The van der Waals surface area contributed by atoms with E-state index in [-0.39, 0.29) is 11.6 Å². The number of rotatable bonds is 6. The van der Waals surface area contributed by atoms with E-state index in [4.69, 9.17) is 4.74 Å². The van der Waals surface area contributed by atoms with E-state index in [2.05, 4.69) is 16.7 Å². The Kier molecular flexibility index (Phi) is 5.48. The fraction of sp³-hybridized carbons (Fsp3) is 0.769. The van der Waals surface area contributed by atoms with Crippen LogP contribution in [0.25, 0.3) is 0 Å². The summed E-state index contributed by atoms with van der Waals surface area (Å²) in [6.07, 6.45) is 6.92. The molecule has 17 heavy (non-hydrogen) atoms. The molecule has 0 unspecified atom stereocenters. The van der Waals surface area contributed by atoms with Crippen LogP contribution in [-0.4, -0.2) is 31.8 Å². The van der Waals surface area contributed by atoms with Gasteiger partial charge in [-0.2, -0.15) is 0 Å². The summed E-state index contributed by atoms with van der Waals surface area (Å²) < 4.78 is 5.22. The number of urea groups is 1. The molecule has 0 saturated carbocycles. The average molecular weight is 240 g/mol. The summed E-state index contributed by atoms with van der Waals surface area (Å²) in [4.78, 5) is 11.5. The number of allylic oxidation sites excluding steroid dienone is 1. The van der Waals surface area contributed by atoms with E-state index < -0.39 is 0 Å². The average Bonchev–Trinajstić information content (AvgIpc) is 2.80. The summed E-state index contributed by atoms with van der Waals surface area (Å²) in [5.74, 6) is 0. The third kappa shape index (κ3) is 5.73. The van der Waals surface area contributed by atoms with E-state index in [1.54, 1.807) is 7.11 Å². The zero-order chi connectivity index (χ0) is 12.7. The second-order valence-electron chi connectivity index (χ2n) is 5.08. The van der Waals surface area contributed by atoms with Crippen LogP contribution in [-0.2, 0) is 4.74 Å². The lowest BCUT2D eigenvalue weighted by molar-refractivity contribution is 0.0254. The highest BCUT2D eigenvalue weighted by atomic mass is 16.5. The Morgan fingerprint density at radius 3 is 2.82 bits per heavy atom. The predicted molar refractivity (Wildman–Crippen MR) is 69.0 cm³/mol. The van der Waals surface area contributed by atoms with Gasteiger partial charge < -0.3 is 15.4 Å². The van der Waals surface area contributed by atoms with Gasteiger partial charge >= 0.3 is 6.03 Å². The van der Waals surface area contributed by atoms with Gasteiger partial charge in [0.2, 0.25) is 0 Å². The van der Waals surface area contributed by atoms with E-state index in [9.17, 15) is 4.79 Å². The van der Waals surface area contributed by atoms with Gasteiger partial charge in [0, 0.05) is 20.2 Å². The molecule has 0 saturated heterocycles. The molecular weight excluding hydrogens is 216 g/mol. The molecule has 0 aliphatic heterocycles. The lowest BCUT2D eigenvalue weighted by Gasteiger charge is -2.23. The molecule has 0 fully saturated rings. The van der Waals surface area contributed by atoms with Crippen molar-refractivity contribution in [1.29, 1.82) is 0 Å². The van der Waals surface area contributed by atoms with Gasteiger partial charge in [-0.15, -0.1) is 0 Å². The molecule has 98 valence electrons. The first-order valence-corrected chi connectivity index (χ1v) is 6.28. The first kappa shape index (κ1) is 14.0. The third-order valence-electron chi connectivity index (χ3n) is 3.09. The van der Waals surface area contributed by atoms with Crippen LogP contribution in [0.4, 0.5) is 4.79 Å². The second kappa shape index (κ2) is 6.64. The fourth-order valence-electron chi connectivity index (χ4n) is 1.73. The smallest absolute Gasteiger partial charge is 0.314 e. The SMILES string of the molecule is COC(C)(C)CNC(=O)NCCC1=CCCC1. The van der Waals surface area contributed by atoms with Crippen LogP contribution in [0.3, 0.4) is 0 Å². The summed E-state index contributed by atoms with van der Waals surface area (Å²) >= 11 is 0. The van der Waals surface area contributed by atoms with Crippen molar-refractivity contribution >= 4 is 6.03 Å². The van der Waals surface area contributed by atoms with Gasteiger partial charge in [0.1, 0.15) is 0 Å². The Labute approximate surface area is 104 Å². The van der Waals surface area contributed by atoms with E-state index >= 15 is 0 Å². The second-order valence-corrected chi connectivity index (χ2v) is 5.08. The molecule has 0 heterocycles. The van der Waals surface area contributed by atoms with Gasteiger partial charge in [0.25, 0.3) is 0 Å². The quantitative estimate of drug-likeness (QED) is 0.699. The number of carbonyl (C=O) groups excluding carboxylic acids is 1. The summed E-state index contributed by atoms with van der Waals surface area (Å²) in [5, 5.41) is 5.66. The van der Waals surface area contributed by atoms with E-state index in [1.807, 2.05) is 13.8 Å². The molecule has 1 aliphatic rings. The molecule has 0 radical (unpaired) electrons. The number of hydrogen-bond acceptors (Lipinski definition) is 2. The topological polar surface area (TPSA) is 50.4 Å². The van der Waals surface area contributed by atoms with Crippen molar-refractivity contribution in [2.45, 2.75) is 45.1 Å². The summed E-state index contributed by atoms with van der Waals surface area (Å²) in [6.45, 7) is 5.11. The number of carbonyl (C=O) groups is 1. The molecule has 0 aromatic rings. The van der Waals surface area contributed by atoms with Crippen LogP contribution in [0.1, 0.15) is 39.5 Å². The largest absolute Gasteiger partial charge is 0.377 e. The number of amides is 2. The molecule has 0 bridgehead atoms. The van der Waals surface area contributed by atoms with Gasteiger partial charge in [0.15, 0.2) is 0 Å². The minimum Gasteiger partial charge on any atom is -0.377 e. The van der Waals surface area contributed by atoms with E-state index in [1.165, 1.54) is 24.8 Å². The lowest BCUT2D eigenvalue weighted by Crippen LogP contribution is -2.44. The van der Waals surface area contributed by atoms with Gasteiger partial charge in [-0.05, 0) is 39.5 Å². The van der Waals surface area contributed by atoms with Crippen LogP contribution in [0, 0.1) is 0 Å². The molecule has 0 spiro atoms. The maximum atomic E-state index is 11.5. The van der Waals surface area contributed by atoms with E-state index in [0.717, 1.165) is 6.42 Å². The molecule has 0 aromatic carbocycles. The first-order chi connectivity index (χ1) is 8.03. The lowest BCUT2D eigenvalue weighted by atomic mass is 10.1. The zero-order valence-corrected chi connectivity index (χ0v) is 11.1. The van der Waals surface area contributed by atoms with Crippen LogP contribution >= 0.6 is 0 Å². The number of nitrogens with one attached hydrogen (secondary N) is 2. The maximum absolute atomic E-state index is 11.5. The van der Waals surface area contributed by atoms with Crippen molar-refractivity contribution in [3.63, 3.8) is 0 Å². The van der Waals surface area contributed by atoms with Crippen LogP contribution in [0.5, 0.6) is 0 Å². The molecule has 4 heteroatoms. The predicted octanol–water partition coefficient (Wildman–Crippen LogP) is 2.21. The first-order valence-electron chi connectivity index (χ1n) is 6.28. The number of hydrogen-bond donors (Lipinski definition) is 2. The van der Waals surface area contributed by atoms with Crippen molar-refractivity contribution in [3.8, 4) is 0 Å². The minimum atomic E-state index is -0.314. The monoisotopic (exact) mass is 240 g/mol. The summed E-state index contributed by atoms with van der Waals surface area (Å²) in [7, 11) is 1.64. The van der Waals surface area contributed by atoms with Crippen LogP contribution in [0.2, 0.25) is 0 Å². The van der Waals surface area contributed by atoms with Gasteiger partial charge in [0.05, 0.1) is 5.60 Å². The van der Waals surface area contributed by atoms with Crippen LogP contribution in [0.15, 0.2) is 11.6 Å². The third-order valence-corrected chi connectivity index (χ3v) is 3.09. The fourth-order valence-corrected chi connectivity index (χ4v) is 1.73. The molecule has 2 N–H and O–H groups in total. The number of ether oxygens (including phenoxy) is 1. The van der Waals surface area contributed by atoms with Crippen molar-refractivity contribution in [3.05, 3.63) is 11.6 Å². The summed E-state index contributed by atoms with van der Waals surface area (Å²) in [6, 6.07) is -0.117. The van der Waals surface area contributed by atoms with E-state index in [0.29, 0.717) is 13.1 Å². The van der Waals surface area contributed by atoms with Gasteiger partial charge in [-0.25, -0.2) is 4.79 Å². The Morgan fingerprint density at radius 1 is 1.47 bits per heavy atom. The summed E-state index contributed by atoms with van der Waals surface area (Å²) in [5.41, 5.74) is 1.16. The van der Waals surface area contributed by atoms with Gasteiger partial charge in [-0.3, -0.25) is 0 Å². The molecular formula is C13H24N2O2. The molecule has 0 aromatic heterocycles. The highest BCUT2D eigenvalue weighted by molar-refractivity contribution is 5.73. The Hall–Kier alpha value is -1.03. The van der Waals surface area contributed by atoms with Gasteiger partial charge in [-0.1, -0.05) is 11.6 Å². The van der Waals surface area contributed by atoms with Crippen molar-refractivity contribution < 1.29 is 9.53 Å². The highest BCUT2D eigenvalue weighted by Gasteiger charge is 2.17. The Bertz CT molecular complexity index is 285. The molecule has 0 atom stereocenters. The van der Waals surface area contributed by atoms with Crippen molar-refractivity contribution in [2.75, 3.05) is 20.2 Å². The maximum Gasteiger partial charge on any atom is 0.314 e. The number of methoxy groups -OCH3 is 1. The van der Waals surface area contributed by atoms with Crippen LogP contribution < -0.4 is 10.6 Å². The minimum absolute atomic E-state index is 0.117. The standard InChI is InChI=1S/C13H24N2O2/c1-13(2,17-3)10-15-12(16)14-9-8-11-6-4-5-7-11/h6H,4-5,7-10H2,1-3H3,(H2,14,15,16).